The topological polar surface area (TPSA) is 78.4 Å². The SMILES string of the molecule is CC(=O)N1N=C(c2c(-c3ccccc3)c3ccccc3[nH]c2=O)C[C@H]1c1cccnc1. The number of aromatic amines is 1. The highest BCUT2D eigenvalue weighted by molar-refractivity contribution is 6.12. The molecule has 0 spiro atoms. The fraction of sp³-hybridized carbons (Fsp3) is 0.120. The molecule has 0 radical (unpaired) electrons. The van der Waals surface area contributed by atoms with E-state index < -0.39 is 0 Å². The molecule has 0 unspecified atom stereocenters. The highest BCUT2D eigenvalue weighted by atomic mass is 16.2. The fourth-order valence-electron chi connectivity index (χ4n) is 4.21. The van der Waals surface area contributed by atoms with Crippen molar-refractivity contribution < 1.29 is 4.79 Å². The predicted molar refractivity (Wildman–Crippen MR) is 121 cm³/mol. The van der Waals surface area contributed by atoms with E-state index in [1.807, 2.05) is 66.7 Å². The Balaban J connectivity index is 1.74. The van der Waals surface area contributed by atoms with Crippen LogP contribution in [-0.2, 0) is 4.79 Å². The van der Waals surface area contributed by atoms with Gasteiger partial charge in [0.15, 0.2) is 0 Å². The normalized spacial score (nSPS) is 15.8. The van der Waals surface area contributed by atoms with Crippen molar-refractivity contribution in [2.24, 2.45) is 5.10 Å². The summed E-state index contributed by atoms with van der Waals surface area (Å²) in [6.45, 7) is 1.48. The summed E-state index contributed by atoms with van der Waals surface area (Å²) in [6, 6.07) is 21.0. The Bertz CT molecular complexity index is 1360. The number of para-hydroxylation sites is 1. The standard InChI is InChI=1S/C25H20N4O2/c1-16(30)29-22(18-10-7-13-26-15-18)14-21(28-29)24-23(17-8-3-2-4-9-17)19-11-5-6-12-20(19)27-25(24)31/h2-13,15,22H,14H2,1H3,(H,27,31)/t22-/m0/s1. The van der Waals surface area contributed by atoms with Crippen molar-refractivity contribution >= 4 is 22.5 Å². The van der Waals surface area contributed by atoms with Crippen LogP contribution in [0.25, 0.3) is 22.0 Å². The molecule has 1 N–H and O–H groups in total. The van der Waals surface area contributed by atoms with Crippen molar-refractivity contribution in [3.63, 3.8) is 0 Å². The highest BCUT2D eigenvalue weighted by Crippen LogP contribution is 2.36. The van der Waals surface area contributed by atoms with E-state index in [1.54, 1.807) is 12.4 Å². The molecular formula is C25H20N4O2. The lowest BCUT2D eigenvalue weighted by Crippen LogP contribution is -2.24. The van der Waals surface area contributed by atoms with Crippen molar-refractivity contribution in [1.82, 2.24) is 15.0 Å². The number of amides is 1. The van der Waals surface area contributed by atoms with Gasteiger partial charge in [0.25, 0.3) is 5.56 Å². The molecule has 0 saturated carbocycles. The molecule has 0 saturated heterocycles. The average Bonchev–Trinajstić information content (AvgIpc) is 3.25. The molecular weight excluding hydrogens is 388 g/mol. The Kier molecular flexibility index (Phi) is 4.67. The molecule has 6 heteroatoms. The lowest BCUT2D eigenvalue weighted by molar-refractivity contribution is -0.130. The molecule has 31 heavy (non-hydrogen) atoms. The highest BCUT2D eigenvalue weighted by Gasteiger charge is 2.34. The molecule has 0 fully saturated rings. The molecule has 3 heterocycles. The van der Waals surface area contributed by atoms with E-state index >= 15 is 0 Å². The summed E-state index contributed by atoms with van der Waals surface area (Å²) in [4.78, 5) is 32.8. The second-order valence-electron chi connectivity index (χ2n) is 7.53. The number of carbonyl (C=O) groups is 1. The monoisotopic (exact) mass is 408 g/mol. The number of nitrogens with zero attached hydrogens (tertiary/aromatic N) is 3. The van der Waals surface area contributed by atoms with E-state index in [9.17, 15) is 9.59 Å². The van der Waals surface area contributed by atoms with Gasteiger partial charge in [-0.15, -0.1) is 0 Å². The lowest BCUT2D eigenvalue weighted by Gasteiger charge is -2.19. The zero-order chi connectivity index (χ0) is 21.4. The zero-order valence-electron chi connectivity index (χ0n) is 16.9. The number of hydrogen-bond acceptors (Lipinski definition) is 4. The van der Waals surface area contributed by atoms with Gasteiger partial charge in [-0.1, -0.05) is 54.6 Å². The number of nitrogens with one attached hydrogen (secondary N) is 1. The molecule has 5 rings (SSSR count). The summed E-state index contributed by atoms with van der Waals surface area (Å²) < 4.78 is 0. The molecule has 1 atom stereocenters. The van der Waals surface area contributed by atoms with Crippen LogP contribution in [0.15, 0.2) is 89.0 Å². The summed E-state index contributed by atoms with van der Waals surface area (Å²) in [5.41, 5.74) is 4.29. The van der Waals surface area contributed by atoms with Crippen LogP contribution in [0.3, 0.4) is 0 Å². The number of carbonyl (C=O) groups excluding carboxylic acids is 1. The molecule has 0 aliphatic carbocycles. The second-order valence-corrected chi connectivity index (χ2v) is 7.53. The number of aromatic nitrogens is 2. The summed E-state index contributed by atoms with van der Waals surface area (Å²) in [6.07, 6.45) is 3.87. The van der Waals surface area contributed by atoms with Crippen LogP contribution in [0.2, 0.25) is 0 Å². The van der Waals surface area contributed by atoms with E-state index in [1.165, 1.54) is 11.9 Å². The lowest BCUT2D eigenvalue weighted by atomic mass is 9.91. The minimum absolute atomic E-state index is 0.178. The van der Waals surface area contributed by atoms with Gasteiger partial charge in [0.2, 0.25) is 5.91 Å². The van der Waals surface area contributed by atoms with Gasteiger partial charge in [0, 0.05) is 42.2 Å². The Morgan fingerprint density at radius 3 is 2.52 bits per heavy atom. The van der Waals surface area contributed by atoms with Crippen molar-refractivity contribution in [2.45, 2.75) is 19.4 Å². The van der Waals surface area contributed by atoms with Crippen LogP contribution in [0.5, 0.6) is 0 Å². The number of hydrazone groups is 1. The minimum Gasteiger partial charge on any atom is -0.321 e. The van der Waals surface area contributed by atoms with Gasteiger partial charge < -0.3 is 4.98 Å². The quantitative estimate of drug-likeness (QED) is 0.549. The molecule has 152 valence electrons. The average molecular weight is 408 g/mol. The van der Waals surface area contributed by atoms with Crippen LogP contribution in [0.4, 0.5) is 0 Å². The number of pyridine rings is 2. The van der Waals surface area contributed by atoms with Gasteiger partial charge >= 0.3 is 0 Å². The third kappa shape index (κ3) is 3.32. The first-order valence-electron chi connectivity index (χ1n) is 10.1. The Morgan fingerprint density at radius 1 is 1.00 bits per heavy atom. The smallest absolute Gasteiger partial charge is 0.258 e. The maximum Gasteiger partial charge on any atom is 0.258 e. The van der Waals surface area contributed by atoms with E-state index in [4.69, 9.17) is 0 Å². The first-order chi connectivity index (χ1) is 15.1. The summed E-state index contributed by atoms with van der Waals surface area (Å²) in [5.74, 6) is -0.178. The van der Waals surface area contributed by atoms with Gasteiger partial charge in [-0.2, -0.15) is 5.10 Å². The van der Waals surface area contributed by atoms with Crippen molar-refractivity contribution in [1.29, 1.82) is 0 Å². The molecule has 1 aliphatic heterocycles. The molecule has 2 aromatic carbocycles. The molecule has 1 aliphatic rings. The Morgan fingerprint density at radius 2 is 1.77 bits per heavy atom. The van der Waals surface area contributed by atoms with Gasteiger partial charge in [0.05, 0.1) is 17.3 Å². The molecule has 4 aromatic rings. The summed E-state index contributed by atoms with van der Waals surface area (Å²) >= 11 is 0. The number of hydrogen-bond donors (Lipinski definition) is 1. The van der Waals surface area contributed by atoms with Gasteiger partial charge in [-0.05, 0) is 23.3 Å². The molecule has 6 nitrogen and oxygen atoms in total. The van der Waals surface area contributed by atoms with E-state index in [-0.39, 0.29) is 17.5 Å². The Labute approximate surface area is 178 Å². The van der Waals surface area contributed by atoms with Crippen molar-refractivity contribution in [2.75, 3.05) is 0 Å². The molecule has 2 aromatic heterocycles. The first-order valence-corrected chi connectivity index (χ1v) is 10.1. The van der Waals surface area contributed by atoms with Crippen LogP contribution in [0.1, 0.15) is 30.5 Å². The minimum atomic E-state index is -0.296. The maximum absolute atomic E-state index is 13.3. The van der Waals surface area contributed by atoms with Crippen molar-refractivity contribution in [3.05, 3.63) is 101 Å². The van der Waals surface area contributed by atoms with E-state index in [0.717, 1.165) is 27.6 Å². The van der Waals surface area contributed by atoms with Crippen LogP contribution < -0.4 is 5.56 Å². The largest absolute Gasteiger partial charge is 0.321 e. The van der Waals surface area contributed by atoms with Gasteiger partial charge in [-0.3, -0.25) is 14.6 Å². The second kappa shape index (κ2) is 7.65. The first kappa shape index (κ1) is 18.9. The van der Waals surface area contributed by atoms with E-state index in [2.05, 4.69) is 15.1 Å². The number of fused-ring (bicyclic) bond motifs is 1. The number of H-pyrrole nitrogens is 1. The third-order valence-corrected chi connectivity index (χ3v) is 5.57. The Hall–Kier alpha value is -4.06. The predicted octanol–water partition coefficient (Wildman–Crippen LogP) is 4.29. The van der Waals surface area contributed by atoms with Crippen molar-refractivity contribution in [3.8, 4) is 11.1 Å². The van der Waals surface area contributed by atoms with Crippen LogP contribution >= 0.6 is 0 Å². The zero-order valence-corrected chi connectivity index (χ0v) is 16.9. The summed E-state index contributed by atoms with van der Waals surface area (Å²) in [5, 5.41) is 7.01. The van der Waals surface area contributed by atoms with Gasteiger partial charge in [-0.25, -0.2) is 5.01 Å². The number of benzene rings is 2. The van der Waals surface area contributed by atoms with Gasteiger partial charge in [0.1, 0.15) is 0 Å². The molecule has 0 bridgehead atoms. The van der Waals surface area contributed by atoms with Crippen LogP contribution in [-0.4, -0.2) is 26.6 Å². The summed E-state index contributed by atoms with van der Waals surface area (Å²) in [7, 11) is 0. The third-order valence-electron chi connectivity index (χ3n) is 5.57. The maximum atomic E-state index is 13.3. The van der Waals surface area contributed by atoms with E-state index in [0.29, 0.717) is 17.7 Å². The molecule has 1 amide bonds. The van der Waals surface area contributed by atoms with Crippen LogP contribution in [0, 0.1) is 0 Å². The fourth-order valence-corrected chi connectivity index (χ4v) is 4.21. The number of rotatable bonds is 3.